The van der Waals surface area contributed by atoms with Crippen molar-refractivity contribution < 1.29 is 9.21 Å². The minimum atomic E-state index is -0.488. The van der Waals surface area contributed by atoms with E-state index < -0.39 is 5.91 Å². The average Bonchev–Trinajstić information content (AvgIpc) is 2.76. The van der Waals surface area contributed by atoms with Gasteiger partial charge in [0.15, 0.2) is 0 Å². The van der Waals surface area contributed by atoms with Crippen molar-refractivity contribution in [3.63, 3.8) is 0 Å². The number of amides is 1. The van der Waals surface area contributed by atoms with E-state index in [0.717, 1.165) is 11.3 Å². The summed E-state index contributed by atoms with van der Waals surface area (Å²) in [6.45, 7) is 2.03. The van der Waals surface area contributed by atoms with Gasteiger partial charge in [-0.05, 0) is 25.1 Å². The Hall–Kier alpha value is -2.29. The van der Waals surface area contributed by atoms with Gasteiger partial charge in [0.1, 0.15) is 11.5 Å². The summed E-state index contributed by atoms with van der Waals surface area (Å²) >= 11 is 0. The van der Waals surface area contributed by atoms with Crippen molar-refractivity contribution in [3.8, 4) is 11.3 Å². The number of aryl methyl sites for hydroxylation is 1. The molecule has 0 saturated carbocycles. The fourth-order valence-corrected chi connectivity index (χ4v) is 1.48. The van der Waals surface area contributed by atoms with Crippen LogP contribution in [-0.2, 0) is 4.79 Å². The van der Waals surface area contributed by atoms with Gasteiger partial charge >= 0.3 is 0 Å². The van der Waals surface area contributed by atoms with E-state index in [1.807, 2.05) is 37.3 Å². The molecule has 0 aliphatic carbocycles. The largest absolute Gasteiger partial charge is 0.457 e. The second-order valence-electron chi connectivity index (χ2n) is 3.80. The van der Waals surface area contributed by atoms with Crippen LogP contribution < -0.4 is 5.73 Å². The second kappa shape index (κ2) is 4.70. The van der Waals surface area contributed by atoms with Crippen LogP contribution in [0.15, 0.2) is 46.9 Å². The third-order valence-corrected chi connectivity index (χ3v) is 2.37. The predicted octanol–water partition coefficient (Wildman–Crippen LogP) is 2.75. The van der Waals surface area contributed by atoms with E-state index in [1.54, 1.807) is 12.1 Å². The Morgan fingerprint density at radius 3 is 2.53 bits per heavy atom. The molecule has 86 valence electrons. The molecule has 0 aliphatic heterocycles. The highest BCUT2D eigenvalue weighted by Gasteiger charge is 2.02. The van der Waals surface area contributed by atoms with E-state index >= 15 is 0 Å². The number of furan rings is 1. The van der Waals surface area contributed by atoms with Crippen LogP contribution in [0.2, 0.25) is 0 Å². The molecule has 0 radical (unpaired) electrons. The van der Waals surface area contributed by atoms with E-state index in [9.17, 15) is 4.79 Å². The number of nitrogens with two attached hydrogens (primary N) is 1. The van der Waals surface area contributed by atoms with Crippen molar-refractivity contribution in [2.45, 2.75) is 6.92 Å². The van der Waals surface area contributed by atoms with Crippen molar-refractivity contribution in [2.24, 2.45) is 5.73 Å². The molecule has 0 atom stereocenters. The van der Waals surface area contributed by atoms with Gasteiger partial charge < -0.3 is 10.2 Å². The Morgan fingerprint density at radius 1 is 1.18 bits per heavy atom. The van der Waals surface area contributed by atoms with E-state index in [4.69, 9.17) is 10.2 Å². The summed E-state index contributed by atoms with van der Waals surface area (Å²) in [5.74, 6) is 0.895. The standard InChI is InChI=1S/C14H13NO2/c1-10-2-4-11(5-3-10)13-8-6-12(17-13)7-9-14(15)16/h2-9H,1H3,(H2,15,16)/b9-7-. The van der Waals surface area contributed by atoms with Crippen molar-refractivity contribution in [2.75, 3.05) is 0 Å². The number of benzene rings is 1. The van der Waals surface area contributed by atoms with Crippen LogP contribution in [0.3, 0.4) is 0 Å². The molecule has 1 heterocycles. The number of primary amides is 1. The minimum Gasteiger partial charge on any atom is -0.457 e. The number of hydrogen-bond acceptors (Lipinski definition) is 2. The van der Waals surface area contributed by atoms with Crippen LogP contribution in [0, 0.1) is 6.92 Å². The van der Waals surface area contributed by atoms with Crippen molar-refractivity contribution in [3.05, 3.63) is 53.8 Å². The van der Waals surface area contributed by atoms with Gasteiger partial charge in [-0.2, -0.15) is 0 Å². The molecule has 0 spiro atoms. The maximum Gasteiger partial charge on any atom is 0.241 e. The number of carbonyl (C=O) groups excluding carboxylic acids is 1. The first-order valence-electron chi connectivity index (χ1n) is 5.29. The summed E-state index contributed by atoms with van der Waals surface area (Å²) in [4.78, 5) is 10.6. The van der Waals surface area contributed by atoms with E-state index in [0.29, 0.717) is 5.76 Å². The first-order valence-corrected chi connectivity index (χ1v) is 5.29. The monoisotopic (exact) mass is 227 g/mol. The van der Waals surface area contributed by atoms with Gasteiger partial charge in [-0.3, -0.25) is 4.79 Å². The topological polar surface area (TPSA) is 56.2 Å². The van der Waals surface area contributed by atoms with Crippen LogP contribution >= 0.6 is 0 Å². The molecule has 2 rings (SSSR count). The fraction of sp³-hybridized carbons (Fsp3) is 0.0714. The minimum absolute atomic E-state index is 0.488. The molecular formula is C14H13NO2. The highest BCUT2D eigenvalue weighted by Crippen LogP contribution is 2.22. The van der Waals surface area contributed by atoms with Crippen molar-refractivity contribution >= 4 is 12.0 Å². The SMILES string of the molecule is Cc1ccc(-c2ccc(/C=C\C(N)=O)o2)cc1. The first-order chi connectivity index (χ1) is 8.15. The average molecular weight is 227 g/mol. The van der Waals surface area contributed by atoms with Gasteiger partial charge in [0.05, 0.1) is 0 Å². The second-order valence-corrected chi connectivity index (χ2v) is 3.80. The third-order valence-electron chi connectivity index (χ3n) is 2.37. The Morgan fingerprint density at radius 2 is 1.88 bits per heavy atom. The summed E-state index contributed by atoms with van der Waals surface area (Å²) in [5, 5.41) is 0. The maximum atomic E-state index is 10.6. The van der Waals surface area contributed by atoms with Crippen LogP contribution in [0.1, 0.15) is 11.3 Å². The zero-order valence-electron chi connectivity index (χ0n) is 9.51. The van der Waals surface area contributed by atoms with Crippen LogP contribution in [0.4, 0.5) is 0 Å². The normalized spacial score (nSPS) is 10.9. The molecule has 0 aliphatic rings. The summed E-state index contributed by atoms with van der Waals surface area (Å²) in [6.07, 6.45) is 2.83. The summed E-state index contributed by atoms with van der Waals surface area (Å²) in [5.41, 5.74) is 7.22. The highest BCUT2D eigenvalue weighted by atomic mass is 16.3. The molecule has 1 aromatic carbocycles. The van der Waals surface area contributed by atoms with Crippen LogP contribution in [-0.4, -0.2) is 5.91 Å². The van der Waals surface area contributed by atoms with E-state index in [1.165, 1.54) is 11.6 Å². The fourth-order valence-electron chi connectivity index (χ4n) is 1.48. The lowest BCUT2D eigenvalue weighted by Gasteiger charge is -1.97. The summed E-state index contributed by atoms with van der Waals surface area (Å²) < 4.78 is 5.57. The highest BCUT2D eigenvalue weighted by molar-refractivity contribution is 5.89. The smallest absolute Gasteiger partial charge is 0.241 e. The van der Waals surface area contributed by atoms with Gasteiger partial charge in [-0.1, -0.05) is 29.8 Å². The predicted molar refractivity (Wildman–Crippen MR) is 67.1 cm³/mol. The van der Waals surface area contributed by atoms with Gasteiger partial charge in [-0.25, -0.2) is 0 Å². The van der Waals surface area contributed by atoms with Crippen LogP contribution in [0.25, 0.3) is 17.4 Å². The number of rotatable bonds is 3. The molecule has 1 aromatic heterocycles. The number of carbonyl (C=O) groups is 1. The molecular weight excluding hydrogens is 214 g/mol. The molecule has 2 aromatic rings. The Labute approximate surface area is 99.6 Å². The van der Waals surface area contributed by atoms with E-state index in [2.05, 4.69) is 0 Å². The van der Waals surface area contributed by atoms with E-state index in [-0.39, 0.29) is 0 Å². The molecule has 3 heteroatoms. The third kappa shape index (κ3) is 2.84. The molecule has 0 fully saturated rings. The molecule has 17 heavy (non-hydrogen) atoms. The quantitative estimate of drug-likeness (QED) is 0.819. The van der Waals surface area contributed by atoms with Crippen molar-refractivity contribution in [1.29, 1.82) is 0 Å². The molecule has 3 nitrogen and oxygen atoms in total. The summed E-state index contributed by atoms with van der Waals surface area (Å²) in [7, 11) is 0. The van der Waals surface area contributed by atoms with Gasteiger partial charge in [0.2, 0.25) is 5.91 Å². The molecule has 0 bridgehead atoms. The Balaban J connectivity index is 2.23. The first kappa shape index (κ1) is 11.2. The Bertz CT molecular complexity index is 550. The van der Waals surface area contributed by atoms with Gasteiger partial charge in [0, 0.05) is 11.6 Å². The van der Waals surface area contributed by atoms with Crippen LogP contribution in [0.5, 0.6) is 0 Å². The van der Waals surface area contributed by atoms with Gasteiger partial charge in [0.25, 0.3) is 0 Å². The zero-order chi connectivity index (χ0) is 12.3. The number of hydrogen-bond donors (Lipinski definition) is 1. The summed E-state index contributed by atoms with van der Waals surface area (Å²) in [6, 6.07) is 11.7. The maximum absolute atomic E-state index is 10.6. The molecule has 1 amide bonds. The lowest BCUT2D eigenvalue weighted by molar-refractivity contribution is -0.113. The lowest BCUT2D eigenvalue weighted by Crippen LogP contribution is -2.04. The zero-order valence-corrected chi connectivity index (χ0v) is 9.51. The Kier molecular flexibility index (Phi) is 3.10. The van der Waals surface area contributed by atoms with Gasteiger partial charge in [-0.15, -0.1) is 0 Å². The molecule has 2 N–H and O–H groups in total. The lowest BCUT2D eigenvalue weighted by atomic mass is 10.1. The van der Waals surface area contributed by atoms with Crippen molar-refractivity contribution in [1.82, 2.24) is 0 Å². The molecule has 0 unspecified atom stereocenters. The molecule has 0 saturated heterocycles.